The number of aryl methyl sites for hydroxylation is 2. The zero-order chi connectivity index (χ0) is 13.5. The average molecular weight is 270 g/mol. The highest BCUT2D eigenvalue weighted by molar-refractivity contribution is 6.27. The third-order valence-corrected chi connectivity index (χ3v) is 2.87. The molecule has 0 unspecified atom stereocenters. The van der Waals surface area contributed by atoms with Crippen LogP contribution < -0.4 is 4.74 Å². The first-order chi connectivity index (χ1) is 8.52. The highest BCUT2D eigenvalue weighted by Gasteiger charge is 2.05. The number of alkyl halides is 1. The van der Waals surface area contributed by atoms with Crippen LogP contribution in [-0.4, -0.2) is 36.9 Å². The molecule has 0 aromatic heterocycles. The van der Waals surface area contributed by atoms with Crippen LogP contribution in [0.5, 0.6) is 5.75 Å². The van der Waals surface area contributed by atoms with Crippen LogP contribution in [0.25, 0.3) is 0 Å². The van der Waals surface area contributed by atoms with Gasteiger partial charge in [0.05, 0.1) is 6.61 Å². The Bertz CT molecular complexity index is 387. The number of benzene rings is 1. The van der Waals surface area contributed by atoms with E-state index < -0.39 is 0 Å². The molecule has 0 bridgehead atoms. The summed E-state index contributed by atoms with van der Waals surface area (Å²) in [6.07, 6.45) is 0.798. The molecule has 4 heteroatoms. The molecule has 0 spiro atoms. The predicted molar refractivity (Wildman–Crippen MR) is 74.4 cm³/mol. The van der Waals surface area contributed by atoms with Crippen LogP contribution in [0.1, 0.15) is 17.5 Å². The number of nitrogens with zero attached hydrogens (tertiary/aromatic N) is 1. The van der Waals surface area contributed by atoms with Crippen molar-refractivity contribution in [2.24, 2.45) is 0 Å². The number of hydrogen-bond donors (Lipinski definition) is 0. The smallest absolute Gasteiger partial charge is 0.237 e. The van der Waals surface area contributed by atoms with Crippen molar-refractivity contribution in [1.29, 1.82) is 0 Å². The van der Waals surface area contributed by atoms with Crippen LogP contribution >= 0.6 is 11.6 Å². The zero-order valence-electron chi connectivity index (χ0n) is 11.2. The van der Waals surface area contributed by atoms with Gasteiger partial charge in [-0.2, -0.15) is 0 Å². The monoisotopic (exact) mass is 269 g/mol. The largest absolute Gasteiger partial charge is 0.494 e. The molecule has 0 N–H and O–H groups in total. The molecule has 0 saturated heterocycles. The maximum atomic E-state index is 11.2. The van der Waals surface area contributed by atoms with Gasteiger partial charge >= 0.3 is 0 Å². The number of halogens is 1. The lowest BCUT2D eigenvalue weighted by atomic mass is 10.1. The summed E-state index contributed by atoms with van der Waals surface area (Å²) in [5, 5.41) is 0. The van der Waals surface area contributed by atoms with Crippen molar-refractivity contribution >= 4 is 17.5 Å². The second kappa shape index (κ2) is 7.27. The SMILES string of the molecule is Cc1cc(C)cc(OCCCN(C)C(=O)CCl)c1. The van der Waals surface area contributed by atoms with Crippen molar-refractivity contribution in [3.63, 3.8) is 0 Å². The fourth-order valence-corrected chi connectivity index (χ4v) is 1.94. The number of hydrogen-bond acceptors (Lipinski definition) is 2. The first-order valence-corrected chi connectivity index (χ1v) is 6.57. The van der Waals surface area contributed by atoms with Gasteiger partial charge in [0.25, 0.3) is 0 Å². The summed E-state index contributed by atoms with van der Waals surface area (Å²) in [5.41, 5.74) is 2.39. The van der Waals surface area contributed by atoms with Gasteiger partial charge in [-0.05, 0) is 43.5 Å². The topological polar surface area (TPSA) is 29.5 Å². The number of amides is 1. The lowest BCUT2D eigenvalue weighted by Gasteiger charge is -2.15. The minimum Gasteiger partial charge on any atom is -0.494 e. The van der Waals surface area contributed by atoms with Gasteiger partial charge in [-0.15, -0.1) is 11.6 Å². The Labute approximate surface area is 114 Å². The van der Waals surface area contributed by atoms with Crippen molar-refractivity contribution in [2.45, 2.75) is 20.3 Å². The third-order valence-electron chi connectivity index (χ3n) is 2.64. The number of carbonyl (C=O) groups is 1. The fourth-order valence-electron chi connectivity index (χ4n) is 1.73. The van der Waals surface area contributed by atoms with Crippen LogP contribution in [0, 0.1) is 13.8 Å². The van der Waals surface area contributed by atoms with Crippen LogP contribution in [-0.2, 0) is 4.79 Å². The maximum Gasteiger partial charge on any atom is 0.237 e. The molecule has 0 heterocycles. The molecule has 0 radical (unpaired) electrons. The van der Waals surface area contributed by atoms with Crippen LogP contribution in [0.3, 0.4) is 0 Å². The zero-order valence-corrected chi connectivity index (χ0v) is 12.0. The van der Waals surface area contributed by atoms with E-state index in [0.29, 0.717) is 13.2 Å². The minimum absolute atomic E-state index is 0.0361. The lowest BCUT2D eigenvalue weighted by Crippen LogP contribution is -2.29. The van der Waals surface area contributed by atoms with Crippen LogP contribution in [0.4, 0.5) is 0 Å². The molecule has 0 saturated carbocycles. The lowest BCUT2D eigenvalue weighted by molar-refractivity contribution is -0.127. The van der Waals surface area contributed by atoms with E-state index in [4.69, 9.17) is 16.3 Å². The number of carbonyl (C=O) groups excluding carboxylic acids is 1. The van der Waals surface area contributed by atoms with Crippen molar-refractivity contribution in [1.82, 2.24) is 4.90 Å². The van der Waals surface area contributed by atoms with Gasteiger partial charge in [-0.3, -0.25) is 4.79 Å². The molecule has 0 fully saturated rings. The van der Waals surface area contributed by atoms with Gasteiger partial charge in [-0.25, -0.2) is 0 Å². The van der Waals surface area contributed by atoms with Crippen LogP contribution in [0.2, 0.25) is 0 Å². The van der Waals surface area contributed by atoms with Crippen LogP contribution in [0.15, 0.2) is 18.2 Å². The molecule has 0 aliphatic carbocycles. The summed E-state index contributed by atoms with van der Waals surface area (Å²) in [7, 11) is 1.75. The van der Waals surface area contributed by atoms with E-state index in [1.165, 1.54) is 11.1 Å². The van der Waals surface area contributed by atoms with Gasteiger partial charge < -0.3 is 9.64 Å². The van der Waals surface area contributed by atoms with E-state index in [9.17, 15) is 4.79 Å². The Morgan fingerprint density at radius 1 is 1.28 bits per heavy atom. The molecule has 100 valence electrons. The molecule has 0 aliphatic rings. The molecule has 18 heavy (non-hydrogen) atoms. The standard InChI is InChI=1S/C14H20ClNO2/c1-11-7-12(2)9-13(8-11)18-6-4-5-16(3)14(17)10-15/h7-9H,4-6,10H2,1-3H3. The summed E-state index contributed by atoms with van der Waals surface area (Å²) in [6.45, 7) is 5.36. The van der Waals surface area contributed by atoms with E-state index in [1.54, 1.807) is 11.9 Å². The van der Waals surface area contributed by atoms with Gasteiger partial charge in [0.1, 0.15) is 11.6 Å². The Kier molecular flexibility index (Phi) is 5.99. The van der Waals surface area contributed by atoms with Gasteiger partial charge in [-0.1, -0.05) is 6.07 Å². The van der Waals surface area contributed by atoms with Crippen molar-refractivity contribution in [3.8, 4) is 5.75 Å². The van der Waals surface area contributed by atoms with E-state index in [1.807, 2.05) is 26.0 Å². The predicted octanol–water partition coefficient (Wildman–Crippen LogP) is 2.77. The second-order valence-electron chi connectivity index (χ2n) is 4.47. The van der Waals surface area contributed by atoms with E-state index in [2.05, 4.69) is 6.07 Å². The summed E-state index contributed by atoms with van der Waals surface area (Å²) < 4.78 is 5.66. The Hall–Kier alpha value is -1.22. The molecular formula is C14H20ClNO2. The van der Waals surface area contributed by atoms with E-state index in [0.717, 1.165) is 12.2 Å². The average Bonchev–Trinajstić information content (AvgIpc) is 2.32. The summed E-state index contributed by atoms with van der Waals surface area (Å²) in [4.78, 5) is 12.8. The van der Waals surface area contributed by atoms with Gasteiger partial charge in [0, 0.05) is 13.6 Å². The van der Waals surface area contributed by atoms with E-state index >= 15 is 0 Å². The summed E-state index contributed by atoms with van der Waals surface area (Å²) in [6, 6.07) is 6.14. The third kappa shape index (κ3) is 4.96. The normalized spacial score (nSPS) is 10.2. The Morgan fingerprint density at radius 3 is 2.44 bits per heavy atom. The molecule has 0 aliphatic heterocycles. The number of ether oxygens (including phenoxy) is 1. The molecule has 0 atom stereocenters. The Morgan fingerprint density at radius 2 is 1.89 bits per heavy atom. The van der Waals surface area contributed by atoms with E-state index in [-0.39, 0.29) is 11.8 Å². The first-order valence-electron chi connectivity index (χ1n) is 6.04. The highest BCUT2D eigenvalue weighted by Crippen LogP contribution is 2.16. The molecule has 1 rings (SSSR count). The molecule has 3 nitrogen and oxygen atoms in total. The number of rotatable bonds is 6. The highest BCUT2D eigenvalue weighted by atomic mass is 35.5. The minimum atomic E-state index is -0.0527. The van der Waals surface area contributed by atoms with Gasteiger partial charge in [0.15, 0.2) is 0 Å². The molecule has 1 aromatic rings. The Balaban J connectivity index is 2.31. The fraction of sp³-hybridized carbons (Fsp3) is 0.500. The van der Waals surface area contributed by atoms with Crippen molar-refractivity contribution < 1.29 is 9.53 Å². The van der Waals surface area contributed by atoms with Gasteiger partial charge in [0.2, 0.25) is 5.91 Å². The quantitative estimate of drug-likeness (QED) is 0.587. The van der Waals surface area contributed by atoms with Crippen molar-refractivity contribution in [2.75, 3.05) is 26.1 Å². The summed E-state index contributed by atoms with van der Waals surface area (Å²) in [5.74, 6) is 0.871. The molecule has 1 aromatic carbocycles. The summed E-state index contributed by atoms with van der Waals surface area (Å²) >= 11 is 5.47. The first kappa shape index (κ1) is 14.8. The second-order valence-corrected chi connectivity index (χ2v) is 4.74. The van der Waals surface area contributed by atoms with Crippen molar-refractivity contribution in [3.05, 3.63) is 29.3 Å². The maximum absolute atomic E-state index is 11.2. The molecular weight excluding hydrogens is 250 g/mol. The molecule has 1 amide bonds.